The van der Waals surface area contributed by atoms with E-state index in [-0.39, 0.29) is 24.9 Å². The Labute approximate surface area is 360 Å². The van der Waals surface area contributed by atoms with Gasteiger partial charge < -0.3 is 20.3 Å². The number of esters is 1. The van der Waals surface area contributed by atoms with Crippen molar-refractivity contribution in [1.29, 1.82) is 0 Å². The number of aliphatic hydroxyl groups is 2. The highest BCUT2D eigenvalue weighted by Crippen LogP contribution is 2.18. The van der Waals surface area contributed by atoms with E-state index >= 15 is 0 Å². The highest BCUT2D eigenvalue weighted by Gasteiger charge is 2.24. The van der Waals surface area contributed by atoms with Crippen molar-refractivity contribution >= 4 is 11.9 Å². The summed E-state index contributed by atoms with van der Waals surface area (Å²) in [7, 11) is 0. The molecule has 1 amide bonds. The first-order valence-corrected chi connectivity index (χ1v) is 25.2. The summed E-state index contributed by atoms with van der Waals surface area (Å²) in [6.07, 6.45) is 53.4. The normalized spacial score (nSPS) is 13.5. The lowest BCUT2D eigenvalue weighted by atomic mass is 10.0. The number of aliphatic hydroxyl groups excluding tert-OH is 2. The van der Waals surface area contributed by atoms with E-state index < -0.39 is 18.2 Å². The number of amides is 1. The summed E-state index contributed by atoms with van der Waals surface area (Å²) in [6.45, 7) is 6.35. The monoisotopic (exact) mass is 816 g/mol. The summed E-state index contributed by atoms with van der Waals surface area (Å²) in [5.41, 5.74) is 0. The highest BCUT2D eigenvalue weighted by atomic mass is 16.5. The van der Waals surface area contributed by atoms with Crippen LogP contribution in [-0.4, -0.2) is 46.9 Å². The zero-order valence-corrected chi connectivity index (χ0v) is 38.7. The molecule has 0 aromatic heterocycles. The molecule has 0 aliphatic rings. The molecule has 0 radical (unpaired) electrons. The third kappa shape index (κ3) is 40.8. The van der Waals surface area contributed by atoms with Crippen LogP contribution in [0, 0.1) is 0 Å². The molecule has 0 aromatic carbocycles. The summed E-state index contributed by atoms with van der Waals surface area (Å²) in [4.78, 5) is 26.1. The maximum absolute atomic E-state index is 13.2. The Kier molecular flexibility index (Phi) is 44.6. The molecule has 3 N–H and O–H groups in total. The maximum atomic E-state index is 13.2. The number of carbonyl (C=O) groups is 2. The second kappa shape index (κ2) is 46.2. The maximum Gasteiger partial charge on any atom is 0.306 e. The van der Waals surface area contributed by atoms with Crippen LogP contribution in [0.3, 0.4) is 0 Å². The Balaban J connectivity index is 4.57. The smallest absolute Gasteiger partial charge is 0.306 e. The summed E-state index contributed by atoms with van der Waals surface area (Å²) < 4.78 is 5.93. The van der Waals surface area contributed by atoms with Gasteiger partial charge >= 0.3 is 5.97 Å². The lowest BCUT2D eigenvalue weighted by Gasteiger charge is -2.24. The second-order valence-electron chi connectivity index (χ2n) is 17.3. The van der Waals surface area contributed by atoms with E-state index in [1.807, 2.05) is 0 Å². The molecule has 0 bridgehead atoms. The molecule has 0 aliphatic heterocycles. The van der Waals surface area contributed by atoms with Gasteiger partial charge in [0.1, 0.15) is 6.10 Å². The molecule has 58 heavy (non-hydrogen) atoms. The lowest BCUT2D eigenvalue weighted by molar-refractivity contribution is -0.151. The van der Waals surface area contributed by atoms with Gasteiger partial charge in [-0.25, -0.2) is 0 Å². The van der Waals surface area contributed by atoms with E-state index in [1.165, 1.54) is 148 Å². The van der Waals surface area contributed by atoms with Crippen LogP contribution in [0.15, 0.2) is 36.5 Å². The van der Waals surface area contributed by atoms with Gasteiger partial charge in [0.2, 0.25) is 5.91 Å². The zero-order chi connectivity index (χ0) is 42.4. The van der Waals surface area contributed by atoms with Crippen molar-refractivity contribution in [1.82, 2.24) is 5.32 Å². The molecule has 6 heteroatoms. The molecule has 6 nitrogen and oxygen atoms in total. The fourth-order valence-electron chi connectivity index (χ4n) is 7.73. The molecule has 340 valence electrons. The molecule has 0 saturated heterocycles. The molecule has 0 aromatic rings. The van der Waals surface area contributed by atoms with Gasteiger partial charge in [0, 0.05) is 6.42 Å². The van der Waals surface area contributed by atoms with Crippen molar-refractivity contribution in [3.63, 3.8) is 0 Å². The van der Waals surface area contributed by atoms with E-state index in [9.17, 15) is 19.8 Å². The van der Waals surface area contributed by atoms with Crippen LogP contribution in [0.5, 0.6) is 0 Å². The van der Waals surface area contributed by atoms with Crippen molar-refractivity contribution < 1.29 is 24.5 Å². The lowest BCUT2D eigenvalue weighted by Crippen LogP contribution is -2.46. The van der Waals surface area contributed by atoms with E-state index in [4.69, 9.17) is 4.74 Å². The van der Waals surface area contributed by atoms with Gasteiger partial charge in [0.15, 0.2) is 0 Å². The highest BCUT2D eigenvalue weighted by molar-refractivity contribution is 5.77. The molecule has 0 rings (SSSR count). The van der Waals surface area contributed by atoms with Crippen LogP contribution in [0.2, 0.25) is 0 Å². The number of allylic oxidation sites excluding steroid dienone is 6. The first-order chi connectivity index (χ1) is 28.5. The van der Waals surface area contributed by atoms with E-state index in [2.05, 4.69) is 62.5 Å². The van der Waals surface area contributed by atoms with E-state index in [1.54, 1.807) is 0 Å². The van der Waals surface area contributed by atoms with Crippen LogP contribution in [0.1, 0.15) is 258 Å². The number of hydrogen-bond donors (Lipinski definition) is 3. The predicted octanol–water partition coefficient (Wildman–Crippen LogP) is 14.9. The van der Waals surface area contributed by atoms with E-state index in [0.717, 1.165) is 64.2 Å². The van der Waals surface area contributed by atoms with Crippen molar-refractivity contribution in [3.8, 4) is 0 Å². The fraction of sp³-hybridized carbons (Fsp3) is 0.846. The van der Waals surface area contributed by atoms with Gasteiger partial charge in [-0.05, 0) is 44.9 Å². The first-order valence-electron chi connectivity index (χ1n) is 25.2. The second-order valence-corrected chi connectivity index (χ2v) is 17.3. The van der Waals surface area contributed by atoms with Crippen molar-refractivity contribution in [3.05, 3.63) is 36.5 Å². The number of hydrogen-bond acceptors (Lipinski definition) is 5. The van der Waals surface area contributed by atoms with Crippen LogP contribution in [-0.2, 0) is 14.3 Å². The van der Waals surface area contributed by atoms with Gasteiger partial charge in [0.25, 0.3) is 0 Å². The predicted molar refractivity (Wildman–Crippen MR) is 250 cm³/mol. The van der Waals surface area contributed by atoms with Crippen LogP contribution >= 0.6 is 0 Å². The van der Waals surface area contributed by atoms with E-state index in [0.29, 0.717) is 19.3 Å². The molecule has 0 fully saturated rings. The molecule has 3 atom stereocenters. The summed E-state index contributed by atoms with van der Waals surface area (Å²) in [5, 5.41) is 23.7. The first kappa shape index (κ1) is 56.1. The van der Waals surface area contributed by atoms with Crippen molar-refractivity contribution in [2.24, 2.45) is 0 Å². The summed E-state index contributed by atoms with van der Waals surface area (Å²) in [6, 6.07) is -0.699. The number of carbonyl (C=O) groups excluding carboxylic acids is 2. The van der Waals surface area contributed by atoms with Gasteiger partial charge in [0.05, 0.1) is 25.2 Å². The SMILES string of the molecule is CC/C=C/C=C/C=C/CCCCCCCCCC(=O)OC(CCCCCCCCCCCCCCCC)CC(=O)NC(CO)C(O)CCCCCCCCCCCC. The van der Waals surface area contributed by atoms with Crippen LogP contribution in [0.4, 0.5) is 0 Å². The quantitative estimate of drug-likeness (QED) is 0.0323. The standard InChI is InChI=1S/C52H97NO5/c1-4-7-10-13-16-19-22-24-26-28-30-33-36-39-42-45-52(57)58-48(43-40-37-34-31-29-27-25-23-20-17-14-11-8-5-2)46-51(56)53-49(47-54)50(55)44-41-38-35-32-21-18-15-12-9-6-3/h7,10,13,16,19,22,48-50,54-55H,4-6,8-9,11-12,14-15,17-18,20-21,23-47H2,1-3H3,(H,53,56)/b10-7+,16-13+,22-19+. The molecule has 0 aliphatic carbocycles. The molecular formula is C52H97NO5. The molecular weight excluding hydrogens is 719 g/mol. The fourth-order valence-corrected chi connectivity index (χ4v) is 7.73. The third-order valence-electron chi connectivity index (χ3n) is 11.5. The largest absolute Gasteiger partial charge is 0.462 e. The average Bonchev–Trinajstić information content (AvgIpc) is 3.22. The Hall–Kier alpha value is -1.92. The van der Waals surface area contributed by atoms with Crippen molar-refractivity contribution in [2.45, 2.75) is 277 Å². The minimum absolute atomic E-state index is 0.0764. The van der Waals surface area contributed by atoms with Gasteiger partial charge in [-0.15, -0.1) is 0 Å². The number of rotatable bonds is 45. The minimum atomic E-state index is -0.785. The minimum Gasteiger partial charge on any atom is -0.462 e. The number of unbranched alkanes of at least 4 members (excludes halogenated alkanes) is 29. The topological polar surface area (TPSA) is 95.9 Å². The van der Waals surface area contributed by atoms with Gasteiger partial charge in [-0.3, -0.25) is 9.59 Å². The Morgan fingerprint density at radius 2 is 0.931 bits per heavy atom. The molecule has 0 spiro atoms. The van der Waals surface area contributed by atoms with Crippen LogP contribution < -0.4 is 5.32 Å². The van der Waals surface area contributed by atoms with Gasteiger partial charge in [-0.1, -0.05) is 237 Å². The third-order valence-corrected chi connectivity index (χ3v) is 11.5. The molecule has 3 unspecified atom stereocenters. The Morgan fingerprint density at radius 3 is 1.40 bits per heavy atom. The van der Waals surface area contributed by atoms with Crippen molar-refractivity contribution in [2.75, 3.05) is 6.61 Å². The Bertz CT molecular complexity index is 961. The molecule has 0 heterocycles. The van der Waals surface area contributed by atoms with Gasteiger partial charge in [-0.2, -0.15) is 0 Å². The van der Waals surface area contributed by atoms with Crippen LogP contribution in [0.25, 0.3) is 0 Å². The average molecular weight is 816 g/mol. The summed E-state index contributed by atoms with van der Waals surface area (Å²) >= 11 is 0. The molecule has 0 saturated carbocycles. The number of nitrogens with one attached hydrogen (secondary N) is 1. The number of ether oxygens (including phenoxy) is 1. The summed E-state index contributed by atoms with van der Waals surface area (Å²) in [5.74, 6) is -0.477. The zero-order valence-electron chi connectivity index (χ0n) is 38.7. The Morgan fingerprint density at radius 1 is 0.517 bits per heavy atom.